The van der Waals surface area contributed by atoms with Gasteiger partial charge < -0.3 is 5.11 Å². The highest BCUT2D eigenvalue weighted by Gasteiger charge is 2.27. The van der Waals surface area contributed by atoms with Crippen LogP contribution >= 0.6 is 0 Å². The van der Waals surface area contributed by atoms with E-state index in [0.29, 0.717) is 5.56 Å². The van der Waals surface area contributed by atoms with Gasteiger partial charge >= 0.3 is 0 Å². The highest BCUT2D eigenvalue weighted by atomic mass is 19.1. The standard InChI is InChI=1S/C19H21FO/c1-13-11-16(9-10-18(13)20)19(2,21)17-8-7-14-5-3-4-6-15(14)12-17/h7-12,21H,3-6H2,1-2H3. The first-order valence-electron chi connectivity index (χ1n) is 7.60. The zero-order valence-corrected chi connectivity index (χ0v) is 12.6. The first kappa shape index (κ1) is 14.3. The van der Waals surface area contributed by atoms with Crippen molar-refractivity contribution in [2.45, 2.75) is 45.1 Å². The lowest BCUT2D eigenvalue weighted by Crippen LogP contribution is -2.23. The Hall–Kier alpha value is -1.67. The van der Waals surface area contributed by atoms with E-state index >= 15 is 0 Å². The van der Waals surface area contributed by atoms with E-state index in [4.69, 9.17) is 0 Å². The molecule has 0 spiro atoms. The van der Waals surface area contributed by atoms with Crippen molar-refractivity contribution in [1.82, 2.24) is 0 Å². The van der Waals surface area contributed by atoms with Crippen LogP contribution in [0.3, 0.4) is 0 Å². The predicted molar refractivity (Wildman–Crippen MR) is 82.9 cm³/mol. The minimum absolute atomic E-state index is 0.236. The van der Waals surface area contributed by atoms with Crippen LogP contribution in [0.5, 0.6) is 0 Å². The van der Waals surface area contributed by atoms with Gasteiger partial charge in [-0.2, -0.15) is 0 Å². The molecule has 2 heteroatoms. The summed E-state index contributed by atoms with van der Waals surface area (Å²) in [5.74, 6) is -0.236. The van der Waals surface area contributed by atoms with E-state index in [-0.39, 0.29) is 5.82 Å². The molecule has 0 fully saturated rings. The number of aryl methyl sites for hydroxylation is 3. The molecule has 110 valence electrons. The molecule has 1 aliphatic rings. The molecule has 1 N–H and O–H groups in total. The number of hydrogen-bond acceptors (Lipinski definition) is 1. The van der Waals surface area contributed by atoms with E-state index in [0.717, 1.165) is 24.0 Å². The summed E-state index contributed by atoms with van der Waals surface area (Å²) in [6, 6.07) is 11.1. The van der Waals surface area contributed by atoms with Gasteiger partial charge in [-0.1, -0.05) is 24.3 Å². The molecule has 0 heterocycles. The third kappa shape index (κ3) is 2.60. The molecule has 0 amide bonds. The molecule has 0 saturated carbocycles. The average molecular weight is 284 g/mol. The van der Waals surface area contributed by atoms with Crippen LogP contribution in [0.25, 0.3) is 0 Å². The monoisotopic (exact) mass is 284 g/mol. The van der Waals surface area contributed by atoms with Crippen molar-refractivity contribution in [2.24, 2.45) is 0 Å². The molecule has 1 aliphatic carbocycles. The van der Waals surface area contributed by atoms with E-state index in [2.05, 4.69) is 12.1 Å². The zero-order chi connectivity index (χ0) is 15.0. The van der Waals surface area contributed by atoms with Crippen molar-refractivity contribution in [3.05, 3.63) is 70.0 Å². The van der Waals surface area contributed by atoms with Gasteiger partial charge in [0.05, 0.1) is 0 Å². The molecule has 21 heavy (non-hydrogen) atoms. The molecule has 2 aromatic carbocycles. The van der Waals surface area contributed by atoms with Gasteiger partial charge in [-0.25, -0.2) is 4.39 Å². The molecule has 1 atom stereocenters. The SMILES string of the molecule is Cc1cc(C(C)(O)c2ccc3c(c2)CCCC3)ccc1F. The predicted octanol–water partition coefficient (Wildman–Crippen LogP) is 4.27. The van der Waals surface area contributed by atoms with Gasteiger partial charge in [0.2, 0.25) is 0 Å². The second-order valence-corrected chi connectivity index (χ2v) is 6.23. The number of rotatable bonds is 2. The van der Waals surface area contributed by atoms with E-state index in [1.165, 1.54) is 30.0 Å². The van der Waals surface area contributed by atoms with Crippen molar-refractivity contribution in [2.75, 3.05) is 0 Å². The van der Waals surface area contributed by atoms with E-state index < -0.39 is 5.60 Å². The van der Waals surface area contributed by atoms with Crippen molar-refractivity contribution in [1.29, 1.82) is 0 Å². The van der Waals surface area contributed by atoms with Gasteiger partial charge in [0, 0.05) is 0 Å². The highest BCUT2D eigenvalue weighted by Crippen LogP contribution is 2.33. The van der Waals surface area contributed by atoms with Crippen LogP contribution in [-0.2, 0) is 18.4 Å². The quantitative estimate of drug-likeness (QED) is 0.873. The molecule has 1 unspecified atom stereocenters. The van der Waals surface area contributed by atoms with Gasteiger partial charge in [-0.3, -0.25) is 0 Å². The van der Waals surface area contributed by atoms with Crippen LogP contribution < -0.4 is 0 Å². The summed E-state index contributed by atoms with van der Waals surface area (Å²) < 4.78 is 13.4. The molecule has 0 saturated heterocycles. The Morgan fingerprint density at radius 2 is 1.57 bits per heavy atom. The average Bonchev–Trinajstić information content (AvgIpc) is 2.49. The fourth-order valence-electron chi connectivity index (χ4n) is 3.15. The van der Waals surface area contributed by atoms with Crippen LogP contribution in [-0.4, -0.2) is 5.11 Å². The highest BCUT2D eigenvalue weighted by molar-refractivity contribution is 5.42. The van der Waals surface area contributed by atoms with Crippen molar-refractivity contribution in [3.8, 4) is 0 Å². The lowest BCUT2D eigenvalue weighted by atomic mass is 9.83. The minimum atomic E-state index is -1.09. The maximum absolute atomic E-state index is 13.4. The maximum Gasteiger partial charge on any atom is 0.126 e. The normalized spacial score (nSPS) is 17.1. The molecule has 0 aromatic heterocycles. The van der Waals surface area contributed by atoms with Crippen LogP contribution in [0, 0.1) is 12.7 Å². The van der Waals surface area contributed by atoms with Gasteiger partial charge in [-0.05, 0) is 79.5 Å². The summed E-state index contributed by atoms with van der Waals surface area (Å²) >= 11 is 0. The summed E-state index contributed by atoms with van der Waals surface area (Å²) in [6.07, 6.45) is 4.68. The first-order chi connectivity index (χ1) is 9.98. The van der Waals surface area contributed by atoms with Gasteiger partial charge in [0.25, 0.3) is 0 Å². The lowest BCUT2D eigenvalue weighted by Gasteiger charge is -2.27. The fourth-order valence-corrected chi connectivity index (χ4v) is 3.15. The van der Waals surface area contributed by atoms with Crippen LogP contribution in [0.15, 0.2) is 36.4 Å². The topological polar surface area (TPSA) is 20.2 Å². The van der Waals surface area contributed by atoms with E-state index in [1.807, 2.05) is 6.07 Å². The Bertz CT molecular complexity index is 673. The molecular weight excluding hydrogens is 263 g/mol. The van der Waals surface area contributed by atoms with Crippen molar-refractivity contribution >= 4 is 0 Å². The van der Waals surface area contributed by atoms with E-state index in [9.17, 15) is 9.50 Å². The van der Waals surface area contributed by atoms with E-state index in [1.54, 1.807) is 26.0 Å². The fraction of sp³-hybridized carbons (Fsp3) is 0.368. The number of hydrogen-bond donors (Lipinski definition) is 1. The molecule has 0 bridgehead atoms. The Labute approximate surface area is 125 Å². The molecule has 2 aromatic rings. The smallest absolute Gasteiger partial charge is 0.126 e. The summed E-state index contributed by atoms with van der Waals surface area (Å²) in [5.41, 5.74) is 3.83. The minimum Gasteiger partial charge on any atom is -0.381 e. The molecule has 3 rings (SSSR count). The van der Waals surface area contributed by atoms with Crippen LogP contribution in [0.2, 0.25) is 0 Å². The summed E-state index contributed by atoms with van der Waals surface area (Å²) in [6.45, 7) is 3.51. The second-order valence-electron chi connectivity index (χ2n) is 6.23. The second kappa shape index (κ2) is 5.27. The number of aliphatic hydroxyl groups is 1. The largest absolute Gasteiger partial charge is 0.381 e. The zero-order valence-electron chi connectivity index (χ0n) is 12.6. The third-order valence-corrected chi connectivity index (χ3v) is 4.63. The number of fused-ring (bicyclic) bond motifs is 1. The Morgan fingerprint density at radius 1 is 0.952 bits per heavy atom. The number of benzene rings is 2. The maximum atomic E-state index is 13.4. The molecular formula is C19H21FO. The van der Waals surface area contributed by atoms with Crippen molar-refractivity contribution < 1.29 is 9.50 Å². The number of halogens is 1. The van der Waals surface area contributed by atoms with Gasteiger partial charge in [0.15, 0.2) is 0 Å². The first-order valence-corrected chi connectivity index (χ1v) is 7.60. The van der Waals surface area contributed by atoms with Gasteiger partial charge in [-0.15, -0.1) is 0 Å². The Kier molecular flexibility index (Phi) is 3.58. The summed E-state index contributed by atoms with van der Waals surface area (Å²) in [4.78, 5) is 0. The van der Waals surface area contributed by atoms with Crippen LogP contribution in [0.1, 0.15) is 47.6 Å². The van der Waals surface area contributed by atoms with Crippen LogP contribution in [0.4, 0.5) is 4.39 Å². The molecule has 0 radical (unpaired) electrons. The summed E-state index contributed by atoms with van der Waals surface area (Å²) in [7, 11) is 0. The van der Waals surface area contributed by atoms with Crippen molar-refractivity contribution in [3.63, 3.8) is 0 Å². The summed E-state index contributed by atoms with van der Waals surface area (Å²) in [5, 5.41) is 11.0. The lowest BCUT2D eigenvalue weighted by molar-refractivity contribution is 0.102. The van der Waals surface area contributed by atoms with Gasteiger partial charge in [0.1, 0.15) is 11.4 Å². The molecule has 0 aliphatic heterocycles. The Balaban J connectivity index is 2.02. The molecule has 1 nitrogen and oxygen atoms in total. The Morgan fingerprint density at radius 3 is 2.29 bits per heavy atom. The third-order valence-electron chi connectivity index (χ3n) is 4.63.